The number of hydrogen-bond donors (Lipinski definition) is 0. The maximum atomic E-state index is 15.2. The Bertz CT molecular complexity index is 1380. The quantitative estimate of drug-likeness (QED) is 0.197. The van der Waals surface area contributed by atoms with Gasteiger partial charge in [-0.3, -0.25) is 0 Å². The molecule has 0 spiro atoms. The molecule has 0 N–H and O–H groups in total. The summed E-state index contributed by atoms with van der Waals surface area (Å²) in [6.07, 6.45) is 3.16. The summed E-state index contributed by atoms with van der Waals surface area (Å²) in [7, 11) is 0. The van der Waals surface area contributed by atoms with Gasteiger partial charge < -0.3 is 4.74 Å². The first-order chi connectivity index (χ1) is 15.4. The summed E-state index contributed by atoms with van der Waals surface area (Å²) in [5, 5.41) is 11.5. The molecule has 4 rings (SSSR count). The van der Waals surface area contributed by atoms with Gasteiger partial charge in [-0.1, -0.05) is 49.7 Å². The lowest BCUT2D eigenvalue weighted by atomic mass is 9.97. The van der Waals surface area contributed by atoms with Crippen molar-refractivity contribution >= 4 is 27.5 Å². The third kappa shape index (κ3) is 3.90. The Kier molecular flexibility index (Phi) is 5.83. The molecule has 0 aliphatic carbocycles. The first-order valence-electron chi connectivity index (χ1n) is 10.2. The normalized spacial score (nSPS) is 11.0. The molecule has 0 unspecified atom stereocenters. The zero-order chi connectivity index (χ0) is 22.8. The predicted molar refractivity (Wildman–Crippen MR) is 116 cm³/mol. The summed E-state index contributed by atoms with van der Waals surface area (Å²) < 4.78 is 47.7. The standard InChI is InChI=1S/C26H18F3NO2/c1-2-3-4-15-5-7-18-16(11-15)6-8-20-19(18)9-10-21(25(20)29)26(31)32-17-12-23(27)22(14-30)24(28)13-17/h5-13H,2-4H2,1H3. The van der Waals surface area contributed by atoms with Gasteiger partial charge in [0.05, 0.1) is 5.56 Å². The molecule has 4 aromatic rings. The molecule has 6 heteroatoms. The van der Waals surface area contributed by atoms with Crippen molar-refractivity contribution in [3.8, 4) is 11.8 Å². The summed E-state index contributed by atoms with van der Waals surface area (Å²) in [6.45, 7) is 2.13. The highest BCUT2D eigenvalue weighted by atomic mass is 19.1. The fraction of sp³-hybridized carbons (Fsp3) is 0.154. The van der Waals surface area contributed by atoms with Crippen molar-refractivity contribution in [3.63, 3.8) is 0 Å². The lowest BCUT2D eigenvalue weighted by Crippen LogP contribution is -2.11. The minimum atomic E-state index is -1.17. The van der Waals surface area contributed by atoms with E-state index in [1.807, 2.05) is 12.1 Å². The smallest absolute Gasteiger partial charge is 0.346 e. The number of carbonyl (C=O) groups excluding carboxylic acids is 1. The molecule has 0 bridgehead atoms. The van der Waals surface area contributed by atoms with E-state index >= 15 is 4.39 Å². The van der Waals surface area contributed by atoms with Crippen molar-refractivity contribution in [2.75, 3.05) is 0 Å². The van der Waals surface area contributed by atoms with E-state index in [-0.39, 0.29) is 10.9 Å². The molecule has 0 heterocycles. The van der Waals surface area contributed by atoms with Gasteiger partial charge in [-0.15, -0.1) is 0 Å². The van der Waals surface area contributed by atoms with Crippen LogP contribution in [0.5, 0.6) is 5.75 Å². The van der Waals surface area contributed by atoms with Gasteiger partial charge in [-0.05, 0) is 40.6 Å². The highest BCUT2D eigenvalue weighted by molar-refractivity contribution is 6.09. The lowest BCUT2D eigenvalue weighted by molar-refractivity contribution is 0.0729. The number of fused-ring (bicyclic) bond motifs is 3. The number of esters is 1. The Balaban J connectivity index is 1.69. The molecule has 0 amide bonds. The van der Waals surface area contributed by atoms with Crippen molar-refractivity contribution < 1.29 is 22.7 Å². The monoisotopic (exact) mass is 433 g/mol. The molecule has 0 aliphatic heterocycles. The van der Waals surface area contributed by atoms with Gasteiger partial charge in [0.15, 0.2) is 0 Å². The Hall–Kier alpha value is -3.85. The Morgan fingerprint density at radius 1 is 0.938 bits per heavy atom. The lowest BCUT2D eigenvalue weighted by Gasteiger charge is -2.10. The largest absolute Gasteiger partial charge is 0.423 e. The second-order valence-electron chi connectivity index (χ2n) is 7.51. The van der Waals surface area contributed by atoms with Gasteiger partial charge in [0.1, 0.15) is 34.8 Å². The molecule has 0 saturated carbocycles. The van der Waals surface area contributed by atoms with Crippen molar-refractivity contribution in [2.24, 2.45) is 0 Å². The second-order valence-corrected chi connectivity index (χ2v) is 7.51. The molecular weight excluding hydrogens is 415 g/mol. The predicted octanol–water partition coefficient (Wildman–Crippen LogP) is 6.84. The summed E-state index contributed by atoms with van der Waals surface area (Å²) in [5.41, 5.74) is 0.0641. The fourth-order valence-electron chi connectivity index (χ4n) is 3.73. The van der Waals surface area contributed by atoms with Crippen LogP contribution < -0.4 is 4.74 Å². The Morgan fingerprint density at radius 2 is 1.62 bits per heavy atom. The molecular formula is C26H18F3NO2. The number of benzene rings is 4. The fourth-order valence-corrected chi connectivity index (χ4v) is 3.73. The third-order valence-electron chi connectivity index (χ3n) is 5.39. The van der Waals surface area contributed by atoms with Crippen molar-refractivity contribution in [1.82, 2.24) is 0 Å². The Morgan fingerprint density at radius 3 is 2.31 bits per heavy atom. The van der Waals surface area contributed by atoms with Crippen LogP contribution in [0.15, 0.2) is 54.6 Å². The zero-order valence-corrected chi connectivity index (χ0v) is 17.2. The number of ether oxygens (including phenoxy) is 1. The topological polar surface area (TPSA) is 50.1 Å². The molecule has 0 fully saturated rings. The van der Waals surface area contributed by atoms with Gasteiger partial charge in [0, 0.05) is 17.5 Å². The minimum Gasteiger partial charge on any atom is -0.423 e. The number of carbonyl (C=O) groups is 1. The van der Waals surface area contributed by atoms with Crippen LogP contribution in [0.3, 0.4) is 0 Å². The SMILES string of the molecule is CCCCc1ccc2c(ccc3c(F)c(C(=O)Oc4cc(F)c(C#N)c(F)c4)ccc32)c1. The second kappa shape index (κ2) is 8.72. The van der Waals surface area contributed by atoms with Gasteiger partial charge in [0.2, 0.25) is 0 Å². The Labute approximate surface area is 182 Å². The average Bonchev–Trinajstić information content (AvgIpc) is 2.77. The van der Waals surface area contributed by atoms with Gasteiger partial charge in [-0.2, -0.15) is 5.26 Å². The van der Waals surface area contributed by atoms with Gasteiger partial charge >= 0.3 is 5.97 Å². The van der Waals surface area contributed by atoms with Crippen LogP contribution in [-0.4, -0.2) is 5.97 Å². The van der Waals surface area contributed by atoms with Crippen LogP contribution in [0.1, 0.15) is 41.3 Å². The van der Waals surface area contributed by atoms with E-state index in [1.54, 1.807) is 18.2 Å². The van der Waals surface area contributed by atoms with Crippen LogP contribution in [0.2, 0.25) is 0 Å². The van der Waals surface area contributed by atoms with Crippen molar-refractivity contribution in [3.05, 3.63) is 88.7 Å². The third-order valence-corrected chi connectivity index (χ3v) is 5.39. The molecule has 3 nitrogen and oxygen atoms in total. The van der Waals surface area contributed by atoms with E-state index in [4.69, 9.17) is 10.00 Å². The number of halogens is 3. The van der Waals surface area contributed by atoms with Crippen molar-refractivity contribution in [2.45, 2.75) is 26.2 Å². The molecule has 32 heavy (non-hydrogen) atoms. The van der Waals surface area contributed by atoms with Gasteiger partial charge in [-0.25, -0.2) is 18.0 Å². The van der Waals surface area contributed by atoms with Crippen LogP contribution in [0.4, 0.5) is 13.2 Å². The highest BCUT2D eigenvalue weighted by Crippen LogP contribution is 2.30. The van der Waals surface area contributed by atoms with E-state index in [1.165, 1.54) is 17.7 Å². The minimum absolute atomic E-state index is 0.241. The van der Waals surface area contributed by atoms with E-state index in [2.05, 4.69) is 13.0 Å². The number of nitrogens with zero attached hydrogens (tertiary/aromatic N) is 1. The molecule has 0 aromatic heterocycles. The van der Waals surface area contributed by atoms with Crippen LogP contribution in [0, 0.1) is 28.8 Å². The number of nitriles is 1. The van der Waals surface area contributed by atoms with E-state index in [0.717, 1.165) is 30.0 Å². The average molecular weight is 433 g/mol. The van der Waals surface area contributed by atoms with E-state index in [0.29, 0.717) is 17.5 Å². The van der Waals surface area contributed by atoms with Crippen molar-refractivity contribution in [1.29, 1.82) is 5.26 Å². The highest BCUT2D eigenvalue weighted by Gasteiger charge is 2.19. The zero-order valence-electron chi connectivity index (χ0n) is 17.2. The van der Waals surface area contributed by atoms with Gasteiger partial charge in [0.25, 0.3) is 0 Å². The summed E-state index contributed by atoms with van der Waals surface area (Å²) in [6, 6.07) is 15.2. The number of hydrogen-bond acceptors (Lipinski definition) is 3. The first kappa shape index (κ1) is 21.4. The van der Waals surface area contributed by atoms with Crippen LogP contribution in [-0.2, 0) is 6.42 Å². The molecule has 0 aliphatic rings. The maximum Gasteiger partial charge on any atom is 0.346 e. The van der Waals surface area contributed by atoms with E-state index < -0.39 is 34.7 Å². The molecule has 160 valence electrons. The molecule has 0 atom stereocenters. The molecule has 4 aromatic carbocycles. The number of unbranched alkanes of at least 4 members (excludes halogenated alkanes) is 1. The van der Waals surface area contributed by atoms with Crippen LogP contribution >= 0.6 is 0 Å². The summed E-state index contributed by atoms with van der Waals surface area (Å²) >= 11 is 0. The summed E-state index contributed by atoms with van der Waals surface area (Å²) in [4.78, 5) is 12.5. The summed E-state index contributed by atoms with van der Waals surface area (Å²) in [5.74, 6) is -4.67. The number of aryl methyl sites for hydroxylation is 1. The first-order valence-corrected chi connectivity index (χ1v) is 10.2. The van der Waals surface area contributed by atoms with Crippen LogP contribution in [0.25, 0.3) is 21.5 Å². The van der Waals surface area contributed by atoms with E-state index in [9.17, 15) is 13.6 Å². The molecule has 0 saturated heterocycles. The maximum absolute atomic E-state index is 15.2. The molecule has 0 radical (unpaired) electrons. The number of rotatable bonds is 5.